The summed E-state index contributed by atoms with van der Waals surface area (Å²) in [5, 5.41) is 9.20. The van der Waals surface area contributed by atoms with E-state index in [1.165, 1.54) is 18.5 Å². The number of amides is 1. The van der Waals surface area contributed by atoms with Gasteiger partial charge in [-0.15, -0.1) is 0 Å². The predicted octanol–water partition coefficient (Wildman–Crippen LogP) is 0.260. The Balaban J connectivity index is 2.12. The molecule has 1 amide bonds. The third-order valence-electron chi connectivity index (χ3n) is 2.27. The number of hydrogen-bond acceptors (Lipinski definition) is 4. The van der Waals surface area contributed by atoms with Crippen molar-refractivity contribution in [1.29, 1.82) is 0 Å². The second-order valence-electron chi connectivity index (χ2n) is 3.34. The maximum Gasteiger partial charge on any atom is 0.255 e. The average Bonchev–Trinajstić information content (AvgIpc) is 2.29. The van der Waals surface area contributed by atoms with Crippen molar-refractivity contribution in [2.75, 3.05) is 26.3 Å². The van der Waals surface area contributed by atoms with Crippen LogP contribution in [0.15, 0.2) is 18.5 Å². The number of carbonyl (C=O) groups excluding carboxylic acids is 1. The standard InChI is InChI=1S/C10H12N2O3/c13-9-5-8(6-11-7-9)10(14)12-1-3-15-4-2-12/h5-7,13H,1-4H2. The van der Waals surface area contributed by atoms with Crippen LogP contribution in [0.2, 0.25) is 0 Å². The van der Waals surface area contributed by atoms with E-state index in [9.17, 15) is 9.90 Å². The molecule has 1 N–H and O–H groups in total. The van der Waals surface area contributed by atoms with Crippen LogP contribution in [0.3, 0.4) is 0 Å². The number of aromatic hydroxyl groups is 1. The Labute approximate surface area is 87.3 Å². The molecule has 1 aliphatic rings. The Morgan fingerprint density at radius 3 is 2.80 bits per heavy atom. The third-order valence-corrected chi connectivity index (χ3v) is 2.27. The van der Waals surface area contributed by atoms with Crippen molar-refractivity contribution in [2.24, 2.45) is 0 Å². The number of rotatable bonds is 1. The first-order chi connectivity index (χ1) is 7.27. The monoisotopic (exact) mass is 208 g/mol. The van der Waals surface area contributed by atoms with Gasteiger partial charge in [-0.05, 0) is 6.07 Å². The van der Waals surface area contributed by atoms with Crippen LogP contribution in [0.1, 0.15) is 10.4 Å². The summed E-state index contributed by atoms with van der Waals surface area (Å²) in [5.41, 5.74) is 0.414. The van der Waals surface area contributed by atoms with Gasteiger partial charge >= 0.3 is 0 Å². The molecule has 0 bridgehead atoms. The lowest BCUT2D eigenvalue weighted by Crippen LogP contribution is -2.40. The molecule has 1 aliphatic heterocycles. The minimum atomic E-state index is -0.110. The second-order valence-corrected chi connectivity index (χ2v) is 3.34. The summed E-state index contributed by atoms with van der Waals surface area (Å²) >= 11 is 0. The van der Waals surface area contributed by atoms with E-state index in [0.717, 1.165) is 0 Å². The van der Waals surface area contributed by atoms with Crippen molar-refractivity contribution in [1.82, 2.24) is 9.88 Å². The topological polar surface area (TPSA) is 62.7 Å². The Hall–Kier alpha value is -1.62. The van der Waals surface area contributed by atoms with Crippen molar-refractivity contribution in [3.05, 3.63) is 24.0 Å². The van der Waals surface area contributed by atoms with Crippen LogP contribution in [0, 0.1) is 0 Å². The molecule has 1 fully saturated rings. The number of carbonyl (C=O) groups is 1. The smallest absolute Gasteiger partial charge is 0.255 e. The van der Waals surface area contributed by atoms with Gasteiger partial charge in [-0.25, -0.2) is 0 Å². The molecular weight excluding hydrogens is 196 g/mol. The fourth-order valence-corrected chi connectivity index (χ4v) is 1.49. The highest BCUT2D eigenvalue weighted by Gasteiger charge is 2.18. The molecule has 2 heterocycles. The van der Waals surface area contributed by atoms with Gasteiger partial charge in [-0.1, -0.05) is 0 Å². The van der Waals surface area contributed by atoms with Crippen LogP contribution in [-0.2, 0) is 4.74 Å². The van der Waals surface area contributed by atoms with Gasteiger partial charge in [0.15, 0.2) is 0 Å². The quantitative estimate of drug-likeness (QED) is 0.719. The van der Waals surface area contributed by atoms with Crippen LogP contribution in [0.4, 0.5) is 0 Å². The molecule has 0 aromatic carbocycles. The minimum absolute atomic E-state index is 0.00843. The molecular formula is C10H12N2O3. The predicted molar refractivity (Wildman–Crippen MR) is 52.6 cm³/mol. The highest BCUT2D eigenvalue weighted by atomic mass is 16.5. The van der Waals surface area contributed by atoms with Gasteiger partial charge in [0.1, 0.15) is 5.75 Å². The molecule has 0 atom stereocenters. The maximum atomic E-state index is 11.9. The highest BCUT2D eigenvalue weighted by molar-refractivity contribution is 5.94. The fraction of sp³-hybridized carbons (Fsp3) is 0.400. The average molecular weight is 208 g/mol. The van der Waals surface area contributed by atoms with Crippen molar-refractivity contribution in [3.8, 4) is 5.75 Å². The molecule has 1 aromatic heterocycles. The summed E-state index contributed by atoms with van der Waals surface area (Å²) in [6.07, 6.45) is 2.76. The van der Waals surface area contributed by atoms with Crippen molar-refractivity contribution in [2.45, 2.75) is 0 Å². The molecule has 5 heteroatoms. The molecule has 1 aromatic rings. The normalized spacial score (nSPS) is 16.4. The van der Waals surface area contributed by atoms with Gasteiger partial charge in [0.25, 0.3) is 5.91 Å². The molecule has 0 radical (unpaired) electrons. The van der Waals surface area contributed by atoms with Crippen LogP contribution in [0.5, 0.6) is 5.75 Å². The Bertz CT molecular complexity index is 361. The SMILES string of the molecule is O=C(c1cncc(O)c1)N1CCOCC1. The number of ether oxygens (including phenoxy) is 1. The molecule has 0 aliphatic carbocycles. The number of hydrogen-bond donors (Lipinski definition) is 1. The van der Waals surface area contributed by atoms with Gasteiger partial charge in [-0.3, -0.25) is 9.78 Å². The van der Waals surface area contributed by atoms with E-state index in [1.807, 2.05) is 0 Å². The van der Waals surface area contributed by atoms with Crippen LogP contribution in [0.25, 0.3) is 0 Å². The summed E-state index contributed by atoms with van der Waals surface area (Å²) in [7, 11) is 0. The minimum Gasteiger partial charge on any atom is -0.506 e. The number of pyridine rings is 1. The second kappa shape index (κ2) is 4.27. The van der Waals surface area contributed by atoms with Gasteiger partial charge in [0, 0.05) is 19.3 Å². The van der Waals surface area contributed by atoms with E-state index < -0.39 is 0 Å². The van der Waals surface area contributed by atoms with E-state index in [0.29, 0.717) is 31.9 Å². The summed E-state index contributed by atoms with van der Waals surface area (Å²) in [5.74, 6) is -0.101. The molecule has 15 heavy (non-hydrogen) atoms. The molecule has 80 valence electrons. The van der Waals surface area contributed by atoms with Crippen LogP contribution in [-0.4, -0.2) is 47.2 Å². The van der Waals surface area contributed by atoms with E-state index >= 15 is 0 Å². The molecule has 2 rings (SSSR count). The van der Waals surface area contributed by atoms with Gasteiger partial charge in [-0.2, -0.15) is 0 Å². The van der Waals surface area contributed by atoms with Crippen molar-refractivity contribution < 1.29 is 14.6 Å². The molecule has 0 saturated carbocycles. The maximum absolute atomic E-state index is 11.9. The van der Waals surface area contributed by atoms with E-state index in [1.54, 1.807) is 4.90 Å². The third kappa shape index (κ3) is 2.24. The Kier molecular flexibility index (Phi) is 2.82. The molecule has 1 saturated heterocycles. The lowest BCUT2D eigenvalue weighted by atomic mass is 10.2. The van der Waals surface area contributed by atoms with Gasteiger partial charge in [0.2, 0.25) is 0 Å². The molecule has 0 spiro atoms. The van der Waals surface area contributed by atoms with Crippen molar-refractivity contribution >= 4 is 5.91 Å². The first kappa shape index (κ1) is 9.92. The lowest BCUT2D eigenvalue weighted by Gasteiger charge is -2.26. The zero-order valence-electron chi connectivity index (χ0n) is 8.22. The molecule has 5 nitrogen and oxygen atoms in total. The highest BCUT2D eigenvalue weighted by Crippen LogP contribution is 2.11. The number of morpholine rings is 1. The summed E-state index contributed by atoms with van der Waals surface area (Å²) < 4.78 is 5.15. The van der Waals surface area contributed by atoms with Crippen LogP contribution >= 0.6 is 0 Å². The van der Waals surface area contributed by atoms with Gasteiger partial charge in [0.05, 0.1) is 25.0 Å². The fourth-order valence-electron chi connectivity index (χ4n) is 1.49. The first-order valence-corrected chi connectivity index (χ1v) is 4.78. The number of nitrogens with zero attached hydrogens (tertiary/aromatic N) is 2. The summed E-state index contributed by atoms with van der Waals surface area (Å²) in [4.78, 5) is 17.3. The largest absolute Gasteiger partial charge is 0.506 e. The first-order valence-electron chi connectivity index (χ1n) is 4.78. The Morgan fingerprint density at radius 1 is 1.40 bits per heavy atom. The van der Waals surface area contributed by atoms with E-state index in [4.69, 9.17) is 4.74 Å². The zero-order valence-corrected chi connectivity index (χ0v) is 8.22. The van der Waals surface area contributed by atoms with E-state index in [2.05, 4.69) is 4.98 Å². The van der Waals surface area contributed by atoms with Crippen LogP contribution < -0.4 is 0 Å². The zero-order chi connectivity index (χ0) is 10.7. The molecule has 0 unspecified atom stereocenters. The van der Waals surface area contributed by atoms with Gasteiger partial charge < -0.3 is 14.7 Å². The van der Waals surface area contributed by atoms with E-state index in [-0.39, 0.29) is 11.7 Å². The lowest BCUT2D eigenvalue weighted by molar-refractivity contribution is 0.0302. The van der Waals surface area contributed by atoms with Crippen molar-refractivity contribution in [3.63, 3.8) is 0 Å². The number of aromatic nitrogens is 1. The summed E-state index contributed by atoms with van der Waals surface area (Å²) in [6, 6.07) is 1.42. The summed E-state index contributed by atoms with van der Waals surface area (Å²) in [6.45, 7) is 2.32. The Morgan fingerprint density at radius 2 is 2.13 bits per heavy atom.